The molecule has 0 aromatic rings. The van der Waals surface area contributed by atoms with Crippen LogP contribution in [0.1, 0.15) is 19.3 Å². The van der Waals surface area contributed by atoms with Crippen LogP contribution in [-0.4, -0.2) is 43.6 Å². The highest BCUT2D eigenvalue weighted by molar-refractivity contribution is 7.99. The van der Waals surface area contributed by atoms with Gasteiger partial charge in [0.2, 0.25) is 5.91 Å². The van der Waals surface area contributed by atoms with E-state index in [2.05, 4.69) is 10.1 Å². The van der Waals surface area contributed by atoms with Gasteiger partial charge in [-0.2, -0.15) is 11.8 Å². The van der Waals surface area contributed by atoms with E-state index < -0.39 is 0 Å². The Morgan fingerprint density at radius 1 is 1.38 bits per heavy atom. The largest absolute Gasteiger partial charge is 0.469 e. The molecule has 0 unspecified atom stereocenters. The van der Waals surface area contributed by atoms with Crippen molar-refractivity contribution in [3.8, 4) is 0 Å². The summed E-state index contributed by atoms with van der Waals surface area (Å²) in [6.07, 6.45) is 1.89. The van der Waals surface area contributed by atoms with E-state index in [4.69, 9.17) is 5.73 Å². The van der Waals surface area contributed by atoms with Crippen LogP contribution < -0.4 is 11.1 Å². The lowest BCUT2D eigenvalue weighted by Crippen LogP contribution is -2.26. The normalized spacial score (nSPS) is 9.88. The zero-order chi connectivity index (χ0) is 12.2. The molecule has 16 heavy (non-hydrogen) atoms. The van der Waals surface area contributed by atoms with Crippen molar-refractivity contribution in [1.82, 2.24) is 5.32 Å². The minimum atomic E-state index is -0.244. The van der Waals surface area contributed by atoms with Crippen LogP contribution in [0.25, 0.3) is 0 Å². The lowest BCUT2D eigenvalue weighted by Gasteiger charge is -2.04. The first-order valence-electron chi connectivity index (χ1n) is 5.32. The zero-order valence-electron chi connectivity index (χ0n) is 9.66. The summed E-state index contributed by atoms with van der Waals surface area (Å²) in [6, 6.07) is 0. The predicted octanol–water partition coefficient (Wildman–Crippen LogP) is 0.138. The highest BCUT2D eigenvalue weighted by Gasteiger charge is 2.02. The molecule has 6 heteroatoms. The number of hydrogen-bond donors (Lipinski definition) is 2. The van der Waals surface area contributed by atoms with Crippen LogP contribution in [0.5, 0.6) is 0 Å². The maximum Gasteiger partial charge on any atom is 0.305 e. The summed E-state index contributed by atoms with van der Waals surface area (Å²) < 4.78 is 4.48. The Morgan fingerprint density at radius 2 is 2.12 bits per heavy atom. The first-order chi connectivity index (χ1) is 7.70. The van der Waals surface area contributed by atoms with E-state index in [1.54, 1.807) is 11.8 Å². The smallest absolute Gasteiger partial charge is 0.305 e. The number of esters is 1. The van der Waals surface area contributed by atoms with Gasteiger partial charge in [-0.15, -0.1) is 0 Å². The van der Waals surface area contributed by atoms with Crippen molar-refractivity contribution in [3.05, 3.63) is 0 Å². The third-order valence-electron chi connectivity index (χ3n) is 1.83. The van der Waals surface area contributed by atoms with Gasteiger partial charge in [-0.05, 0) is 25.1 Å². The van der Waals surface area contributed by atoms with Crippen molar-refractivity contribution < 1.29 is 14.3 Å². The fourth-order valence-electron chi connectivity index (χ4n) is 0.964. The molecule has 0 saturated heterocycles. The molecule has 0 bridgehead atoms. The van der Waals surface area contributed by atoms with Crippen molar-refractivity contribution in [3.63, 3.8) is 0 Å². The summed E-state index contributed by atoms with van der Waals surface area (Å²) in [5.74, 6) is 1.13. The van der Waals surface area contributed by atoms with Crippen molar-refractivity contribution in [1.29, 1.82) is 0 Å². The van der Waals surface area contributed by atoms with E-state index in [1.807, 2.05) is 0 Å². The number of amides is 1. The minimum Gasteiger partial charge on any atom is -0.469 e. The number of carbonyl (C=O) groups excluding carboxylic acids is 2. The van der Waals surface area contributed by atoms with Gasteiger partial charge in [-0.1, -0.05) is 0 Å². The Labute approximate surface area is 100 Å². The van der Waals surface area contributed by atoms with E-state index in [0.29, 0.717) is 31.7 Å². The molecule has 5 nitrogen and oxygen atoms in total. The summed E-state index contributed by atoms with van der Waals surface area (Å²) in [7, 11) is 1.36. The Kier molecular flexibility index (Phi) is 10.3. The Morgan fingerprint density at radius 3 is 2.75 bits per heavy atom. The molecule has 0 aliphatic carbocycles. The second kappa shape index (κ2) is 10.8. The molecular formula is C10H20N2O3S. The average Bonchev–Trinajstić information content (AvgIpc) is 2.30. The molecule has 94 valence electrons. The molecule has 0 fully saturated rings. The fourth-order valence-corrected chi connectivity index (χ4v) is 1.77. The van der Waals surface area contributed by atoms with Gasteiger partial charge in [0.25, 0.3) is 0 Å². The lowest BCUT2D eigenvalue weighted by atomic mass is 10.3. The summed E-state index contributed by atoms with van der Waals surface area (Å²) in [5.41, 5.74) is 5.33. The Balaban J connectivity index is 3.27. The monoisotopic (exact) mass is 248 g/mol. The molecule has 3 N–H and O–H groups in total. The number of ether oxygens (including phenoxy) is 1. The molecule has 0 aliphatic heterocycles. The number of carbonyl (C=O) groups is 2. The van der Waals surface area contributed by atoms with Crippen LogP contribution in [0.15, 0.2) is 0 Å². The lowest BCUT2D eigenvalue weighted by molar-refractivity contribution is -0.140. The van der Waals surface area contributed by atoms with Gasteiger partial charge in [-0.25, -0.2) is 0 Å². The van der Waals surface area contributed by atoms with Crippen molar-refractivity contribution in [2.45, 2.75) is 19.3 Å². The third kappa shape index (κ3) is 9.79. The maximum atomic E-state index is 11.2. The fraction of sp³-hybridized carbons (Fsp3) is 0.800. The van der Waals surface area contributed by atoms with Crippen LogP contribution in [0.3, 0.4) is 0 Å². The molecule has 0 rings (SSSR count). The van der Waals surface area contributed by atoms with Gasteiger partial charge in [-0.3, -0.25) is 9.59 Å². The number of hydrogen-bond acceptors (Lipinski definition) is 5. The SMILES string of the molecule is COC(=O)CCCNC(=O)CSCCCN. The molecule has 0 aromatic carbocycles. The summed E-state index contributed by atoms with van der Waals surface area (Å²) in [5, 5.41) is 2.74. The van der Waals surface area contributed by atoms with Crippen LogP contribution in [-0.2, 0) is 14.3 Å². The molecule has 0 heterocycles. The quantitative estimate of drug-likeness (QED) is 0.448. The second-order valence-corrected chi connectivity index (χ2v) is 4.33. The van der Waals surface area contributed by atoms with E-state index in [-0.39, 0.29) is 11.9 Å². The molecule has 0 radical (unpaired) electrons. The van der Waals surface area contributed by atoms with E-state index in [0.717, 1.165) is 12.2 Å². The highest BCUT2D eigenvalue weighted by atomic mass is 32.2. The Bertz CT molecular complexity index is 212. The number of methoxy groups -OCH3 is 1. The van der Waals surface area contributed by atoms with Crippen LogP contribution in [0.2, 0.25) is 0 Å². The summed E-state index contributed by atoms with van der Waals surface area (Å²) in [4.78, 5) is 22.0. The van der Waals surface area contributed by atoms with Gasteiger partial charge < -0.3 is 15.8 Å². The van der Waals surface area contributed by atoms with E-state index in [1.165, 1.54) is 7.11 Å². The molecule has 1 amide bonds. The van der Waals surface area contributed by atoms with Gasteiger partial charge in [0.05, 0.1) is 12.9 Å². The van der Waals surface area contributed by atoms with Gasteiger partial charge in [0, 0.05) is 13.0 Å². The highest BCUT2D eigenvalue weighted by Crippen LogP contribution is 2.00. The topological polar surface area (TPSA) is 81.4 Å². The first-order valence-corrected chi connectivity index (χ1v) is 6.47. The van der Waals surface area contributed by atoms with Gasteiger partial charge in [0.1, 0.15) is 0 Å². The van der Waals surface area contributed by atoms with Crippen molar-refractivity contribution >= 4 is 23.6 Å². The molecule has 0 aliphatic rings. The molecule has 0 spiro atoms. The third-order valence-corrected chi connectivity index (χ3v) is 2.88. The predicted molar refractivity (Wildman–Crippen MR) is 65.3 cm³/mol. The summed E-state index contributed by atoms with van der Waals surface area (Å²) >= 11 is 1.57. The van der Waals surface area contributed by atoms with Crippen molar-refractivity contribution in [2.24, 2.45) is 5.73 Å². The second-order valence-electron chi connectivity index (χ2n) is 3.22. The summed E-state index contributed by atoms with van der Waals surface area (Å²) in [6.45, 7) is 1.18. The van der Waals surface area contributed by atoms with Gasteiger partial charge >= 0.3 is 5.97 Å². The first kappa shape index (κ1) is 15.2. The molecular weight excluding hydrogens is 228 g/mol. The standard InChI is InChI=1S/C10H20N2O3S/c1-15-10(14)4-2-6-12-9(13)8-16-7-3-5-11/h2-8,11H2,1H3,(H,12,13). The molecule has 0 saturated carbocycles. The van der Waals surface area contributed by atoms with Crippen molar-refractivity contribution in [2.75, 3.05) is 31.7 Å². The number of nitrogens with one attached hydrogen (secondary N) is 1. The average molecular weight is 248 g/mol. The van der Waals surface area contributed by atoms with Crippen LogP contribution in [0, 0.1) is 0 Å². The number of thioether (sulfide) groups is 1. The Hall–Kier alpha value is -0.750. The molecule has 0 aromatic heterocycles. The van der Waals surface area contributed by atoms with Gasteiger partial charge in [0.15, 0.2) is 0 Å². The van der Waals surface area contributed by atoms with Crippen LogP contribution >= 0.6 is 11.8 Å². The zero-order valence-corrected chi connectivity index (χ0v) is 10.5. The minimum absolute atomic E-state index is 0.00638. The maximum absolute atomic E-state index is 11.2. The number of rotatable bonds is 9. The van der Waals surface area contributed by atoms with E-state index in [9.17, 15) is 9.59 Å². The van der Waals surface area contributed by atoms with Crippen LogP contribution in [0.4, 0.5) is 0 Å². The molecule has 0 atom stereocenters. The van der Waals surface area contributed by atoms with E-state index >= 15 is 0 Å². The number of nitrogens with two attached hydrogens (primary N) is 1.